The highest BCUT2D eigenvalue weighted by atomic mass is 16.3. The fraction of sp³-hybridized carbons (Fsp3) is 0. The zero-order chi connectivity index (χ0) is 30.9. The zero-order valence-electron chi connectivity index (χ0n) is 25.4. The topological polar surface area (TPSA) is 31.2 Å². The Balaban J connectivity index is 1.10. The SMILES string of the molecule is c1ccc(-c2cc(-c3ccc(-c4ccc5c(c4)oc4c6ccccc6n(-c6ccccc6)c54)cc3)c3oc4ccccc4c3c2)cc1. The first kappa shape index (κ1) is 26.0. The van der Waals surface area contributed by atoms with Gasteiger partial charge in [-0.2, -0.15) is 0 Å². The number of nitrogens with zero attached hydrogens (tertiary/aromatic N) is 1. The molecule has 0 spiro atoms. The summed E-state index contributed by atoms with van der Waals surface area (Å²) in [4.78, 5) is 0. The second-order valence-corrected chi connectivity index (χ2v) is 12.1. The minimum Gasteiger partial charge on any atom is -0.455 e. The van der Waals surface area contributed by atoms with Gasteiger partial charge in [0, 0.05) is 32.8 Å². The molecule has 3 aromatic heterocycles. The first-order chi connectivity index (χ1) is 23.3. The van der Waals surface area contributed by atoms with Crippen molar-refractivity contribution in [2.75, 3.05) is 0 Å². The highest BCUT2D eigenvalue weighted by Crippen LogP contribution is 2.42. The smallest absolute Gasteiger partial charge is 0.161 e. The van der Waals surface area contributed by atoms with Crippen LogP contribution in [0.25, 0.3) is 94.0 Å². The van der Waals surface area contributed by atoms with E-state index in [1.165, 1.54) is 11.1 Å². The lowest BCUT2D eigenvalue weighted by Crippen LogP contribution is -1.92. The van der Waals surface area contributed by atoms with Crippen LogP contribution in [-0.2, 0) is 0 Å². The molecule has 3 heteroatoms. The van der Waals surface area contributed by atoms with Crippen molar-refractivity contribution in [2.45, 2.75) is 0 Å². The van der Waals surface area contributed by atoms with E-state index in [0.717, 1.165) is 82.9 Å². The Kier molecular flexibility index (Phi) is 5.57. The Labute approximate surface area is 270 Å². The Morgan fingerprint density at radius 3 is 1.83 bits per heavy atom. The second-order valence-electron chi connectivity index (χ2n) is 12.1. The lowest BCUT2D eigenvalue weighted by atomic mass is 9.94. The molecule has 0 aliphatic carbocycles. The van der Waals surface area contributed by atoms with Gasteiger partial charge in [-0.25, -0.2) is 0 Å². The van der Waals surface area contributed by atoms with E-state index >= 15 is 0 Å². The first-order valence-corrected chi connectivity index (χ1v) is 15.9. The molecule has 0 unspecified atom stereocenters. The molecule has 0 aliphatic heterocycles. The molecule has 10 rings (SSSR count). The molecule has 0 atom stereocenters. The molecular formula is C44H27NO2. The van der Waals surface area contributed by atoms with Crippen molar-refractivity contribution in [3.05, 3.63) is 164 Å². The van der Waals surface area contributed by atoms with Crippen molar-refractivity contribution in [3.63, 3.8) is 0 Å². The van der Waals surface area contributed by atoms with Crippen molar-refractivity contribution >= 4 is 54.9 Å². The predicted octanol–water partition coefficient (Wildman–Crippen LogP) is 12.4. The van der Waals surface area contributed by atoms with Crippen molar-refractivity contribution in [3.8, 4) is 39.1 Å². The lowest BCUT2D eigenvalue weighted by molar-refractivity contribution is 0.670. The van der Waals surface area contributed by atoms with Crippen LogP contribution < -0.4 is 0 Å². The highest BCUT2D eigenvalue weighted by molar-refractivity contribution is 6.17. The Morgan fingerprint density at radius 1 is 0.362 bits per heavy atom. The standard InChI is InChI=1S/C44H27NO2/c1-3-11-28(12-4-1)32-25-37(43-38(26-32)34-15-8-10-18-40(34)46-43)30-21-19-29(20-22-30)31-23-24-36-41(27-31)47-44-35-16-7-9-17-39(35)45(42(36)44)33-13-5-2-6-14-33/h1-27H. The van der Waals surface area contributed by atoms with Crippen LogP contribution >= 0.6 is 0 Å². The van der Waals surface area contributed by atoms with Crippen LogP contribution in [0.5, 0.6) is 0 Å². The molecule has 10 aromatic rings. The summed E-state index contributed by atoms with van der Waals surface area (Å²) >= 11 is 0. The molecule has 220 valence electrons. The van der Waals surface area contributed by atoms with E-state index in [2.05, 4.69) is 156 Å². The fourth-order valence-electron chi connectivity index (χ4n) is 7.17. The maximum absolute atomic E-state index is 6.62. The molecule has 0 amide bonds. The van der Waals surface area contributed by atoms with Crippen LogP contribution in [0.4, 0.5) is 0 Å². The van der Waals surface area contributed by atoms with Crippen LogP contribution in [0.15, 0.2) is 173 Å². The Hall–Kier alpha value is -6.32. The molecule has 0 fully saturated rings. The van der Waals surface area contributed by atoms with Crippen LogP contribution in [0.2, 0.25) is 0 Å². The van der Waals surface area contributed by atoms with E-state index in [9.17, 15) is 0 Å². The second kappa shape index (κ2) is 10.1. The molecule has 0 bridgehead atoms. The largest absolute Gasteiger partial charge is 0.455 e. The third kappa shape index (κ3) is 4.00. The summed E-state index contributed by atoms with van der Waals surface area (Å²) in [6, 6.07) is 57.7. The van der Waals surface area contributed by atoms with E-state index in [0.29, 0.717) is 0 Å². The van der Waals surface area contributed by atoms with Gasteiger partial charge in [0.2, 0.25) is 0 Å². The van der Waals surface area contributed by atoms with Crippen molar-refractivity contribution in [1.82, 2.24) is 4.57 Å². The van der Waals surface area contributed by atoms with Gasteiger partial charge in [0.05, 0.1) is 5.52 Å². The molecular weight excluding hydrogens is 574 g/mol. The molecule has 0 aliphatic rings. The predicted molar refractivity (Wildman–Crippen MR) is 194 cm³/mol. The van der Waals surface area contributed by atoms with Crippen molar-refractivity contribution < 1.29 is 8.83 Å². The van der Waals surface area contributed by atoms with E-state index in [1.807, 2.05) is 12.1 Å². The molecule has 3 nitrogen and oxygen atoms in total. The van der Waals surface area contributed by atoms with E-state index in [4.69, 9.17) is 8.83 Å². The number of hydrogen-bond acceptors (Lipinski definition) is 2. The van der Waals surface area contributed by atoms with E-state index < -0.39 is 0 Å². The van der Waals surface area contributed by atoms with Crippen molar-refractivity contribution in [2.24, 2.45) is 0 Å². The van der Waals surface area contributed by atoms with Gasteiger partial charge in [-0.3, -0.25) is 0 Å². The summed E-state index contributed by atoms with van der Waals surface area (Å²) in [6.07, 6.45) is 0. The minimum atomic E-state index is 0.881. The third-order valence-corrected chi connectivity index (χ3v) is 9.41. The Morgan fingerprint density at radius 2 is 1.00 bits per heavy atom. The number of furan rings is 2. The summed E-state index contributed by atoms with van der Waals surface area (Å²) in [6.45, 7) is 0. The maximum atomic E-state index is 6.62. The van der Waals surface area contributed by atoms with Crippen LogP contribution in [0.1, 0.15) is 0 Å². The molecule has 0 N–H and O–H groups in total. The number of fused-ring (bicyclic) bond motifs is 8. The van der Waals surface area contributed by atoms with Gasteiger partial charge in [-0.05, 0) is 82.4 Å². The van der Waals surface area contributed by atoms with Crippen LogP contribution in [0, 0.1) is 0 Å². The summed E-state index contributed by atoms with van der Waals surface area (Å²) in [5, 5.41) is 4.47. The van der Waals surface area contributed by atoms with Gasteiger partial charge in [0.15, 0.2) is 5.58 Å². The van der Waals surface area contributed by atoms with Gasteiger partial charge in [0.1, 0.15) is 22.3 Å². The summed E-state index contributed by atoms with van der Waals surface area (Å²) < 4.78 is 15.4. The van der Waals surface area contributed by atoms with Crippen LogP contribution in [-0.4, -0.2) is 4.57 Å². The van der Waals surface area contributed by atoms with Gasteiger partial charge in [0.25, 0.3) is 0 Å². The zero-order valence-corrected chi connectivity index (χ0v) is 25.4. The molecule has 7 aromatic carbocycles. The van der Waals surface area contributed by atoms with Crippen LogP contribution in [0.3, 0.4) is 0 Å². The molecule has 47 heavy (non-hydrogen) atoms. The third-order valence-electron chi connectivity index (χ3n) is 9.41. The monoisotopic (exact) mass is 601 g/mol. The van der Waals surface area contributed by atoms with Crippen molar-refractivity contribution in [1.29, 1.82) is 0 Å². The number of hydrogen-bond donors (Lipinski definition) is 0. The molecule has 0 saturated carbocycles. The average Bonchev–Trinajstić information content (AvgIpc) is 3.80. The fourth-order valence-corrected chi connectivity index (χ4v) is 7.17. The van der Waals surface area contributed by atoms with E-state index in [1.54, 1.807) is 0 Å². The van der Waals surface area contributed by atoms with Gasteiger partial charge < -0.3 is 13.4 Å². The molecule has 0 radical (unpaired) electrons. The summed E-state index contributed by atoms with van der Waals surface area (Å²) in [7, 11) is 0. The minimum absolute atomic E-state index is 0.881. The van der Waals surface area contributed by atoms with Gasteiger partial charge in [-0.15, -0.1) is 0 Å². The summed E-state index contributed by atoms with van der Waals surface area (Å²) in [5.74, 6) is 0. The Bertz CT molecular complexity index is 2760. The normalized spacial score (nSPS) is 11.8. The number of aromatic nitrogens is 1. The quantitative estimate of drug-likeness (QED) is 0.201. The number of para-hydroxylation sites is 3. The maximum Gasteiger partial charge on any atom is 0.161 e. The molecule has 0 saturated heterocycles. The lowest BCUT2D eigenvalue weighted by Gasteiger charge is -2.10. The van der Waals surface area contributed by atoms with Gasteiger partial charge in [-0.1, -0.05) is 109 Å². The average molecular weight is 602 g/mol. The first-order valence-electron chi connectivity index (χ1n) is 15.9. The van der Waals surface area contributed by atoms with Gasteiger partial charge >= 0.3 is 0 Å². The number of rotatable bonds is 4. The summed E-state index contributed by atoms with van der Waals surface area (Å²) in [5.41, 5.74) is 13.8. The highest BCUT2D eigenvalue weighted by Gasteiger charge is 2.20. The van der Waals surface area contributed by atoms with E-state index in [-0.39, 0.29) is 0 Å². The molecule has 3 heterocycles. The number of benzene rings is 7.